The van der Waals surface area contributed by atoms with Gasteiger partial charge in [-0.05, 0) is 62.6 Å². The molecule has 2 aliphatic rings. The molecular formula is C17H27N3O. The van der Waals surface area contributed by atoms with Crippen LogP contribution in [0.2, 0.25) is 0 Å². The van der Waals surface area contributed by atoms with Crippen molar-refractivity contribution in [3.63, 3.8) is 0 Å². The van der Waals surface area contributed by atoms with E-state index in [0.717, 1.165) is 50.0 Å². The fraction of sp³-hybridized carbons (Fsp3) is 0.647. The fourth-order valence-electron chi connectivity index (χ4n) is 3.43. The summed E-state index contributed by atoms with van der Waals surface area (Å²) >= 11 is 0. The minimum Gasteiger partial charge on any atom is -0.330 e. The Morgan fingerprint density at radius 2 is 2.05 bits per heavy atom. The second kappa shape index (κ2) is 6.56. The first-order valence-electron chi connectivity index (χ1n) is 8.10. The van der Waals surface area contributed by atoms with Crippen molar-refractivity contribution in [1.82, 2.24) is 4.98 Å². The van der Waals surface area contributed by atoms with E-state index in [1.54, 1.807) is 0 Å². The summed E-state index contributed by atoms with van der Waals surface area (Å²) in [4.78, 5) is 16.8. The van der Waals surface area contributed by atoms with Crippen LogP contribution in [0.25, 0.3) is 0 Å². The number of hydrogen-bond donors (Lipinski definition) is 2. The van der Waals surface area contributed by atoms with E-state index in [0.29, 0.717) is 5.92 Å². The average Bonchev–Trinajstić information content (AvgIpc) is 2.52. The first-order valence-corrected chi connectivity index (χ1v) is 8.10. The maximum Gasteiger partial charge on any atom is 0.232 e. The third-order valence-corrected chi connectivity index (χ3v) is 4.74. The van der Waals surface area contributed by atoms with E-state index in [2.05, 4.69) is 16.4 Å². The highest BCUT2D eigenvalue weighted by Crippen LogP contribution is 2.45. The Bertz CT molecular complexity index is 505. The molecule has 21 heavy (non-hydrogen) atoms. The predicted molar refractivity (Wildman–Crippen MR) is 86.1 cm³/mol. The Morgan fingerprint density at radius 1 is 1.38 bits per heavy atom. The number of anilines is 1. The van der Waals surface area contributed by atoms with Gasteiger partial charge in [0, 0.05) is 6.20 Å². The monoisotopic (exact) mass is 289 g/mol. The first-order chi connectivity index (χ1) is 10.1. The zero-order valence-corrected chi connectivity index (χ0v) is 13.4. The van der Waals surface area contributed by atoms with Crippen molar-refractivity contribution in [2.45, 2.75) is 52.9 Å². The molecule has 1 saturated carbocycles. The molecule has 1 aromatic heterocycles. The molecule has 1 fully saturated rings. The van der Waals surface area contributed by atoms with Crippen LogP contribution < -0.4 is 11.1 Å². The molecule has 1 aliphatic heterocycles. The molecule has 4 heteroatoms. The van der Waals surface area contributed by atoms with Crippen LogP contribution in [0.1, 0.15) is 50.7 Å². The molecule has 116 valence electrons. The van der Waals surface area contributed by atoms with E-state index in [4.69, 9.17) is 5.73 Å². The van der Waals surface area contributed by atoms with Gasteiger partial charge in [0.25, 0.3) is 0 Å². The van der Waals surface area contributed by atoms with Gasteiger partial charge in [0.05, 0.1) is 5.41 Å². The number of aryl methyl sites for hydroxylation is 1. The molecule has 0 aromatic carbocycles. The molecule has 1 aromatic rings. The van der Waals surface area contributed by atoms with Crippen molar-refractivity contribution in [3.05, 3.63) is 23.4 Å². The second-order valence-corrected chi connectivity index (χ2v) is 6.11. The summed E-state index contributed by atoms with van der Waals surface area (Å²) in [7, 11) is 0. The Kier molecular flexibility index (Phi) is 4.99. The number of nitrogens with one attached hydrogen (secondary N) is 1. The number of carbonyl (C=O) groups is 1. The molecule has 0 radical (unpaired) electrons. The largest absolute Gasteiger partial charge is 0.330 e. The Hall–Kier alpha value is -1.42. The Morgan fingerprint density at radius 3 is 2.67 bits per heavy atom. The van der Waals surface area contributed by atoms with Crippen molar-refractivity contribution < 1.29 is 4.79 Å². The lowest BCUT2D eigenvalue weighted by molar-refractivity contribution is -0.128. The van der Waals surface area contributed by atoms with Crippen molar-refractivity contribution in [2.75, 3.05) is 11.9 Å². The summed E-state index contributed by atoms with van der Waals surface area (Å²) in [5.41, 5.74) is 7.87. The number of fused-ring (bicyclic) bond motifs is 1. The number of rotatable bonds is 1. The van der Waals surface area contributed by atoms with E-state index < -0.39 is 0 Å². The maximum atomic E-state index is 12.4. The standard InChI is InChI=1S/C15H21N3O.C2H6/c1-10-6-12-7-15(4-2-11(8-16)3-5-15)14(19)18-13(12)17-9-10;1-2/h6,9,11H,2-5,7-8,16H2,1H3,(H,17,18,19);1-2H3. The van der Waals surface area contributed by atoms with Gasteiger partial charge in [-0.2, -0.15) is 0 Å². The van der Waals surface area contributed by atoms with E-state index >= 15 is 0 Å². The summed E-state index contributed by atoms with van der Waals surface area (Å²) < 4.78 is 0. The van der Waals surface area contributed by atoms with Crippen molar-refractivity contribution in [3.8, 4) is 0 Å². The first kappa shape index (κ1) is 16.0. The molecule has 0 bridgehead atoms. The number of pyridine rings is 1. The molecule has 0 atom stereocenters. The van der Waals surface area contributed by atoms with Crippen LogP contribution in [-0.2, 0) is 11.2 Å². The van der Waals surface area contributed by atoms with Gasteiger partial charge in [0.2, 0.25) is 5.91 Å². The van der Waals surface area contributed by atoms with Crippen molar-refractivity contribution in [2.24, 2.45) is 17.1 Å². The minimum absolute atomic E-state index is 0.159. The molecule has 0 saturated heterocycles. The van der Waals surface area contributed by atoms with Gasteiger partial charge in [0.15, 0.2) is 0 Å². The van der Waals surface area contributed by atoms with Gasteiger partial charge in [-0.3, -0.25) is 4.79 Å². The van der Waals surface area contributed by atoms with Crippen LogP contribution >= 0.6 is 0 Å². The summed E-state index contributed by atoms with van der Waals surface area (Å²) in [5, 5.41) is 3.00. The van der Waals surface area contributed by atoms with Crippen LogP contribution in [0.4, 0.5) is 5.82 Å². The summed E-state index contributed by atoms with van der Waals surface area (Å²) in [6.45, 7) is 6.79. The molecule has 1 aliphatic carbocycles. The maximum absolute atomic E-state index is 12.4. The van der Waals surface area contributed by atoms with Gasteiger partial charge in [-0.25, -0.2) is 4.98 Å². The van der Waals surface area contributed by atoms with E-state index in [1.807, 2.05) is 27.0 Å². The number of hydrogen-bond acceptors (Lipinski definition) is 3. The van der Waals surface area contributed by atoms with Crippen molar-refractivity contribution >= 4 is 11.7 Å². The highest BCUT2D eigenvalue weighted by molar-refractivity contribution is 5.97. The van der Waals surface area contributed by atoms with Gasteiger partial charge in [0.1, 0.15) is 5.82 Å². The molecule has 3 N–H and O–H groups in total. The smallest absolute Gasteiger partial charge is 0.232 e. The molecule has 2 heterocycles. The molecule has 3 rings (SSSR count). The minimum atomic E-state index is -0.214. The normalized spacial score (nSPS) is 27.4. The molecule has 1 spiro atoms. The summed E-state index contributed by atoms with van der Waals surface area (Å²) in [6.07, 6.45) is 6.68. The number of nitrogens with zero attached hydrogens (tertiary/aromatic N) is 1. The molecule has 0 unspecified atom stereocenters. The van der Waals surface area contributed by atoms with E-state index in [1.165, 1.54) is 5.56 Å². The average molecular weight is 289 g/mol. The lowest BCUT2D eigenvalue weighted by Gasteiger charge is -2.41. The summed E-state index contributed by atoms with van der Waals surface area (Å²) in [6, 6.07) is 2.15. The van der Waals surface area contributed by atoms with E-state index in [-0.39, 0.29) is 11.3 Å². The predicted octanol–water partition coefficient (Wildman–Crippen LogP) is 3.05. The number of carbonyl (C=O) groups excluding carboxylic acids is 1. The van der Waals surface area contributed by atoms with Crippen LogP contribution in [-0.4, -0.2) is 17.4 Å². The lowest BCUT2D eigenvalue weighted by atomic mass is 9.65. The SMILES string of the molecule is CC.Cc1cnc2c(c1)CC1(CCC(CN)CC1)C(=O)N2. The van der Waals surface area contributed by atoms with E-state index in [9.17, 15) is 4.79 Å². The number of aromatic nitrogens is 1. The zero-order valence-electron chi connectivity index (χ0n) is 13.4. The Labute approximate surface area is 127 Å². The quantitative estimate of drug-likeness (QED) is 0.835. The Balaban J connectivity index is 0.000000774. The van der Waals surface area contributed by atoms with Crippen molar-refractivity contribution in [1.29, 1.82) is 0 Å². The van der Waals surface area contributed by atoms with Gasteiger partial charge in [-0.15, -0.1) is 0 Å². The van der Waals surface area contributed by atoms with Crippen LogP contribution in [0, 0.1) is 18.3 Å². The second-order valence-electron chi connectivity index (χ2n) is 6.11. The molecular weight excluding hydrogens is 262 g/mol. The van der Waals surface area contributed by atoms with Gasteiger partial charge in [-0.1, -0.05) is 19.9 Å². The third kappa shape index (κ3) is 3.10. The topological polar surface area (TPSA) is 68.0 Å². The van der Waals surface area contributed by atoms with Gasteiger partial charge < -0.3 is 11.1 Å². The number of amides is 1. The molecule has 4 nitrogen and oxygen atoms in total. The summed E-state index contributed by atoms with van der Waals surface area (Å²) in [5.74, 6) is 1.50. The highest BCUT2D eigenvalue weighted by Gasteiger charge is 2.44. The van der Waals surface area contributed by atoms with Gasteiger partial charge >= 0.3 is 0 Å². The highest BCUT2D eigenvalue weighted by atomic mass is 16.2. The van der Waals surface area contributed by atoms with Crippen LogP contribution in [0.5, 0.6) is 0 Å². The fourth-order valence-corrected chi connectivity index (χ4v) is 3.43. The van der Waals surface area contributed by atoms with Crippen LogP contribution in [0.3, 0.4) is 0 Å². The third-order valence-electron chi connectivity index (χ3n) is 4.74. The number of nitrogens with two attached hydrogens (primary N) is 1. The molecule has 1 amide bonds. The zero-order chi connectivity index (χ0) is 15.5. The van der Waals surface area contributed by atoms with Crippen LogP contribution in [0.15, 0.2) is 12.3 Å². The lowest BCUT2D eigenvalue weighted by Crippen LogP contribution is -2.45.